The van der Waals surface area contributed by atoms with Crippen LogP contribution in [0.3, 0.4) is 0 Å². The van der Waals surface area contributed by atoms with E-state index in [4.69, 9.17) is 4.74 Å². The Morgan fingerprint density at radius 3 is 2.47 bits per heavy atom. The van der Waals surface area contributed by atoms with E-state index in [1.807, 2.05) is 20.8 Å². The van der Waals surface area contributed by atoms with Crippen molar-refractivity contribution in [3.05, 3.63) is 29.1 Å². The van der Waals surface area contributed by atoms with E-state index in [0.717, 1.165) is 6.42 Å². The molecule has 0 spiro atoms. The monoisotopic (exact) mass is 238 g/mol. The molecule has 0 saturated carbocycles. The lowest BCUT2D eigenvalue weighted by Gasteiger charge is -2.26. The second-order valence-corrected chi connectivity index (χ2v) is 4.87. The normalized spacial score (nSPS) is 11.4. The molecule has 17 heavy (non-hydrogen) atoms. The van der Waals surface area contributed by atoms with Crippen molar-refractivity contribution in [1.29, 1.82) is 0 Å². The molecule has 0 atom stereocenters. The van der Waals surface area contributed by atoms with Crippen LogP contribution in [0.15, 0.2) is 12.1 Å². The molecule has 3 heteroatoms. The van der Waals surface area contributed by atoms with Gasteiger partial charge in [0.25, 0.3) is 0 Å². The maximum Gasteiger partial charge on any atom is 0.163 e. The molecule has 0 aliphatic heterocycles. The van der Waals surface area contributed by atoms with Crippen molar-refractivity contribution in [2.24, 2.45) is 0 Å². The number of carbonyl (C=O) groups is 1. The highest BCUT2D eigenvalue weighted by Crippen LogP contribution is 2.28. The van der Waals surface area contributed by atoms with Gasteiger partial charge in [-0.1, -0.05) is 6.92 Å². The van der Waals surface area contributed by atoms with Gasteiger partial charge < -0.3 is 4.74 Å². The molecule has 2 nitrogen and oxygen atoms in total. The van der Waals surface area contributed by atoms with Crippen molar-refractivity contribution in [1.82, 2.24) is 0 Å². The Labute approximate surface area is 102 Å². The number of rotatable bonds is 4. The summed E-state index contributed by atoms with van der Waals surface area (Å²) >= 11 is 0. The fourth-order valence-electron chi connectivity index (χ4n) is 1.38. The van der Waals surface area contributed by atoms with Crippen LogP contribution in [-0.4, -0.2) is 11.4 Å². The van der Waals surface area contributed by atoms with Gasteiger partial charge in [0.2, 0.25) is 0 Å². The fourth-order valence-corrected chi connectivity index (χ4v) is 1.38. The van der Waals surface area contributed by atoms with Crippen LogP contribution in [0, 0.1) is 12.7 Å². The highest BCUT2D eigenvalue weighted by Gasteiger charge is 2.21. The van der Waals surface area contributed by atoms with Crippen LogP contribution in [0.4, 0.5) is 4.39 Å². The molecule has 1 rings (SSSR count). The van der Waals surface area contributed by atoms with Crippen LogP contribution < -0.4 is 4.74 Å². The summed E-state index contributed by atoms with van der Waals surface area (Å²) in [6.07, 6.45) is 0.806. The topological polar surface area (TPSA) is 26.3 Å². The van der Waals surface area contributed by atoms with Gasteiger partial charge in [0.05, 0.1) is 5.56 Å². The van der Waals surface area contributed by atoms with Gasteiger partial charge in [-0.15, -0.1) is 0 Å². The van der Waals surface area contributed by atoms with Crippen LogP contribution in [0.25, 0.3) is 0 Å². The SMILES string of the molecule is CCC(C)(C)Oc1cc(C)c(F)cc1C(C)=O. The molecule has 0 N–H and O–H groups in total. The van der Waals surface area contributed by atoms with Crippen molar-refractivity contribution < 1.29 is 13.9 Å². The highest BCUT2D eigenvalue weighted by atomic mass is 19.1. The lowest BCUT2D eigenvalue weighted by atomic mass is 10.0. The van der Waals surface area contributed by atoms with E-state index < -0.39 is 0 Å². The third-order valence-corrected chi connectivity index (χ3v) is 2.88. The molecule has 0 aliphatic rings. The predicted molar refractivity (Wildman–Crippen MR) is 66.1 cm³/mol. The fraction of sp³-hybridized carbons (Fsp3) is 0.500. The molecule has 0 unspecified atom stereocenters. The van der Waals surface area contributed by atoms with Gasteiger partial charge in [-0.2, -0.15) is 0 Å². The van der Waals surface area contributed by atoms with Gasteiger partial charge in [-0.05, 0) is 51.8 Å². The van der Waals surface area contributed by atoms with Crippen molar-refractivity contribution in [2.75, 3.05) is 0 Å². The Morgan fingerprint density at radius 1 is 1.41 bits per heavy atom. The van der Waals surface area contributed by atoms with Crippen molar-refractivity contribution in [3.63, 3.8) is 0 Å². The molecule has 0 bridgehead atoms. The zero-order chi connectivity index (χ0) is 13.2. The van der Waals surface area contributed by atoms with E-state index in [1.54, 1.807) is 13.0 Å². The Hall–Kier alpha value is -1.38. The average Bonchev–Trinajstić information content (AvgIpc) is 2.22. The summed E-state index contributed by atoms with van der Waals surface area (Å²) in [7, 11) is 0. The molecule has 94 valence electrons. The third kappa shape index (κ3) is 3.29. The van der Waals surface area contributed by atoms with Crippen LogP contribution in [0.2, 0.25) is 0 Å². The standard InChI is InChI=1S/C14H19FO2/c1-6-14(4,5)17-13-7-9(2)12(15)8-11(13)10(3)16/h7-8H,6H2,1-5H3. The predicted octanol–water partition coefficient (Wildman–Crippen LogP) is 3.90. The minimum absolute atomic E-state index is 0.189. The lowest BCUT2D eigenvalue weighted by molar-refractivity contribution is 0.0945. The van der Waals surface area contributed by atoms with E-state index in [0.29, 0.717) is 16.9 Å². The lowest BCUT2D eigenvalue weighted by Crippen LogP contribution is -2.27. The highest BCUT2D eigenvalue weighted by molar-refractivity contribution is 5.96. The first kappa shape index (κ1) is 13.7. The number of ketones is 1. The second-order valence-electron chi connectivity index (χ2n) is 4.87. The minimum atomic E-state index is -0.378. The van der Waals surface area contributed by atoms with E-state index >= 15 is 0 Å². The molecule has 0 radical (unpaired) electrons. The molecular formula is C14H19FO2. The Morgan fingerprint density at radius 2 is 2.00 bits per heavy atom. The molecule has 0 saturated heterocycles. The van der Waals surface area contributed by atoms with Gasteiger partial charge in [0.15, 0.2) is 5.78 Å². The first-order chi connectivity index (χ1) is 7.76. The minimum Gasteiger partial charge on any atom is -0.487 e. The molecule has 0 heterocycles. The van der Waals surface area contributed by atoms with Gasteiger partial charge in [-0.3, -0.25) is 4.79 Å². The van der Waals surface area contributed by atoms with Crippen molar-refractivity contribution in [2.45, 2.75) is 46.6 Å². The summed E-state index contributed by atoms with van der Waals surface area (Å²) in [6, 6.07) is 2.84. The van der Waals surface area contributed by atoms with Crippen molar-refractivity contribution in [3.8, 4) is 5.75 Å². The number of ether oxygens (including phenoxy) is 1. The zero-order valence-corrected chi connectivity index (χ0v) is 11.1. The largest absolute Gasteiger partial charge is 0.487 e. The third-order valence-electron chi connectivity index (χ3n) is 2.88. The van der Waals surface area contributed by atoms with Gasteiger partial charge in [0, 0.05) is 0 Å². The van der Waals surface area contributed by atoms with E-state index in [-0.39, 0.29) is 17.2 Å². The summed E-state index contributed by atoms with van der Waals surface area (Å²) in [5.41, 5.74) is 0.417. The van der Waals surface area contributed by atoms with Gasteiger partial charge in [-0.25, -0.2) is 4.39 Å². The number of Topliss-reactive ketones (excluding diaryl/α,β-unsaturated/α-hetero) is 1. The molecule has 0 aromatic heterocycles. The molecule has 1 aromatic rings. The smallest absolute Gasteiger partial charge is 0.163 e. The second kappa shape index (κ2) is 4.86. The first-order valence-corrected chi connectivity index (χ1v) is 5.77. The molecule has 1 aromatic carbocycles. The van der Waals surface area contributed by atoms with E-state index in [9.17, 15) is 9.18 Å². The van der Waals surface area contributed by atoms with Crippen LogP contribution >= 0.6 is 0 Å². The Kier molecular flexibility index (Phi) is 3.91. The molecule has 0 fully saturated rings. The molecule has 0 amide bonds. The van der Waals surface area contributed by atoms with Gasteiger partial charge >= 0.3 is 0 Å². The Balaban J connectivity index is 3.22. The molecule has 0 aliphatic carbocycles. The Bertz CT molecular complexity index is 436. The van der Waals surface area contributed by atoms with E-state index in [1.165, 1.54) is 13.0 Å². The number of carbonyl (C=O) groups excluding carboxylic acids is 1. The summed E-state index contributed by atoms with van der Waals surface area (Å²) in [4.78, 5) is 11.5. The number of benzene rings is 1. The maximum atomic E-state index is 13.4. The number of hydrogen-bond acceptors (Lipinski definition) is 2. The average molecular weight is 238 g/mol. The number of hydrogen-bond donors (Lipinski definition) is 0. The number of aryl methyl sites for hydroxylation is 1. The summed E-state index contributed by atoms with van der Waals surface area (Å²) in [5.74, 6) is -0.106. The first-order valence-electron chi connectivity index (χ1n) is 5.77. The number of halogens is 1. The van der Waals surface area contributed by atoms with Crippen LogP contribution in [0.5, 0.6) is 5.75 Å². The zero-order valence-electron chi connectivity index (χ0n) is 11.1. The summed E-state index contributed by atoms with van der Waals surface area (Å²) in [5, 5.41) is 0. The quantitative estimate of drug-likeness (QED) is 0.743. The summed E-state index contributed by atoms with van der Waals surface area (Å²) in [6.45, 7) is 8.95. The maximum absolute atomic E-state index is 13.4. The van der Waals surface area contributed by atoms with Crippen LogP contribution in [-0.2, 0) is 0 Å². The van der Waals surface area contributed by atoms with Gasteiger partial charge in [0.1, 0.15) is 17.2 Å². The van der Waals surface area contributed by atoms with Crippen molar-refractivity contribution >= 4 is 5.78 Å². The van der Waals surface area contributed by atoms with E-state index in [2.05, 4.69) is 0 Å². The molecular weight excluding hydrogens is 219 g/mol. The van der Waals surface area contributed by atoms with Crippen LogP contribution in [0.1, 0.15) is 50.0 Å². The summed E-state index contributed by atoms with van der Waals surface area (Å²) < 4.78 is 19.2.